The first-order chi connectivity index (χ1) is 9.44. The van der Waals surface area contributed by atoms with Gasteiger partial charge in [0.1, 0.15) is 5.60 Å². The first-order valence-electron chi connectivity index (χ1n) is 8.19. The lowest BCUT2D eigenvalue weighted by Gasteiger charge is -2.40. The van der Waals surface area contributed by atoms with Crippen LogP contribution < -0.4 is 0 Å². The quantitative estimate of drug-likeness (QED) is 0.740. The van der Waals surface area contributed by atoms with Gasteiger partial charge >= 0.3 is 6.09 Å². The summed E-state index contributed by atoms with van der Waals surface area (Å²) in [4.78, 5) is 16.9. The average molecular weight is 280 g/mol. The molecule has 2 aliphatic heterocycles. The predicted molar refractivity (Wildman–Crippen MR) is 78.7 cm³/mol. The van der Waals surface area contributed by atoms with Gasteiger partial charge in [-0.15, -0.1) is 0 Å². The van der Waals surface area contributed by atoms with E-state index in [0.29, 0.717) is 12.1 Å². The van der Waals surface area contributed by atoms with Crippen molar-refractivity contribution in [1.82, 2.24) is 9.80 Å². The van der Waals surface area contributed by atoms with Gasteiger partial charge in [0.15, 0.2) is 0 Å². The van der Waals surface area contributed by atoms with Gasteiger partial charge in [-0.2, -0.15) is 0 Å². The van der Waals surface area contributed by atoms with Crippen LogP contribution in [-0.2, 0) is 4.74 Å². The smallest absolute Gasteiger partial charge is 0.410 e. The zero-order chi connectivity index (χ0) is 14.3. The molecule has 2 heterocycles. The molecule has 0 aromatic rings. The summed E-state index contributed by atoms with van der Waals surface area (Å²) >= 11 is 0. The van der Waals surface area contributed by atoms with Crippen LogP contribution in [0.1, 0.15) is 59.3 Å². The molecule has 4 nitrogen and oxygen atoms in total. The van der Waals surface area contributed by atoms with Gasteiger partial charge in [-0.05, 0) is 40.0 Å². The summed E-state index contributed by atoms with van der Waals surface area (Å²) in [5.74, 6) is 0. The van der Waals surface area contributed by atoms with E-state index in [-0.39, 0.29) is 11.7 Å². The second-order valence-corrected chi connectivity index (χ2v) is 7.66. The second-order valence-electron chi connectivity index (χ2n) is 7.66. The molecule has 114 valence electrons. The number of piperazine rings is 1. The molecule has 4 heteroatoms. The molecule has 0 N–H and O–H groups in total. The molecule has 3 rings (SSSR count). The molecule has 2 unspecified atom stereocenters. The van der Waals surface area contributed by atoms with Crippen LogP contribution in [0.2, 0.25) is 0 Å². The Labute approximate surface area is 122 Å². The third-order valence-electron chi connectivity index (χ3n) is 4.95. The summed E-state index contributed by atoms with van der Waals surface area (Å²) in [5.41, 5.74) is -0.387. The van der Waals surface area contributed by atoms with Gasteiger partial charge in [-0.1, -0.05) is 19.3 Å². The third kappa shape index (κ3) is 2.80. The number of rotatable bonds is 1. The maximum Gasteiger partial charge on any atom is 0.410 e. The summed E-state index contributed by atoms with van der Waals surface area (Å²) < 4.78 is 5.52. The highest BCUT2D eigenvalue weighted by Gasteiger charge is 2.48. The summed E-state index contributed by atoms with van der Waals surface area (Å²) in [5, 5.41) is 0. The number of ether oxygens (including phenoxy) is 1. The van der Waals surface area contributed by atoms with Crippen molar-refractivity contribution in [3.63, 3.8) is 0 Å². The number of hydrogen-bond acceptors (Lipinski definition) is 3. The zero-order valence-electron chi connectivity index (χ0n) is 13.1. The van der Waals surface area contributed by atoms with Crippen molar-refractivity contribution < 1.29 is 9.53 Å². The van der Waals surface area contributed by atoms with E-state index in [9.17, 15) is 4.79 Å². The fourth-order valence-electron chi connectivity index (χ4n) is 4.10. The van der Waals surface area contributed by atoms with Gasteiger partial charge in [0, 0.05) is 31.2 Å². The van der Waals surface area contributed by atoms with Gasteiger partial charge < -0.3 is 9.64 Å². The Bertz CT molecular complexity index is 371. The molecular weight excluding hydrogens is 252 g/mol. The van der Waals surface area contributed by atoms with Crippen molar-refractivity contribution in [2.24, 2.45) is 0 Å². The van der Waals surface area contributed by atoms with Crippen LogP contribution >= 0.6 is 0 Å². The van der Waals surface area contributed by atoms with Gasteiger partial charge in [-0.3, -0.25) is 4.90 Å². The lowest BCUT2D eigenvalue weighted by molar-refractivity contribution is 0.00695. The molecule has 1 aliphatic carbocycles. The van der Waals surface area contributed by atoms with Gasteiger partial charge in [0.2, 0.25) is 0 Å². The highest BCUT2D eigenvalue weighted by Crippen LogP contribution is 2.36. The number of likely N-dealkylation sites (tertiary alicyclic amines) is 2. The first kappa shape index (κ1) is 14.2. The molecule has 3 aliphatic rings. The Hall–Kier alpha value is -0.770. The minimum Gasteiger partial charge on any atom is -0.444 e. The van der Waals surface area contributed by atoms with E-state index in [4.69, 9.17) is 4.74 Å². The maximum atomic E-state index is 12.2. The molecule has 2 bridgehead atoms. The van der Waals surface area contributed by atoms with E-state index in [1.807, 2.05) is 25.7 Å². The number of amides is 1. The molecule has 20 heavy (non-hydrogen) atoms. The minimum absolute atomic E-state index is 0.117. The number of fused-ring (bicyclic) bond motifs is 2. The van der Waals surface area contributed by atoms with Crippen LogP contribution in [0.5, 0.6) is 0 Å². The van der Waals surface area contributed by atoms with Crippen LogP contribution in [0.25, 0.3) is 0 Å². The molecule has 0 radical (unpaired) electrons. The van der Waals surface area contributed by atoms with Gasteiger partial charge in [0.25, 0.3) is 0 Å². The van der Waals surface area contributed by atoms with Crippen LogP contribution in [0.4, 0.5) is 4.79 Å². The summed E-state index contributed by atoms with van der Waals surface area (Å²) in [6, 6.07) is 1.74. The van der Waals surface area contributed by atoms with Crippen LogP contribution in [0.15, 0.2) is 0 Å². The normalized spacial score (nSPS) is 31.9. The largest absolute Gasteiger partial charge is 0.444 e. The van der Waals surface area contributed by atoms with Crippen molar-refractivity contribution in [1.29, 1.82) is 0 Å². The summed E-state index contributed by atoms with van der Waals surface area (Å²) in [7, 11) is 0. The standard InChI is InChI=1S/C16H28N2O2/c1-16(2,3)20-15(19)18-11-13-9-14(18)10-17(13)12-7-5-4-6-8-12/h12-14H,4-11H2,1-3H3. The minimum atomic E-state index is -0.387. The van der Waals surface area contributed by atoms with E-state index in [0.717, 1.165) is 25.6 Å². The Morgan fingerprint density at radius 1 is 1.00 bits per heavy atom. The molecular formula is C16H28N2O2. The summed E-state index contributed by atoms with van der Waals surface area (Å²) in [6.07, 6.45) is 7.92. The predicted octanol–water partition coefficient (Wildman–Crippen LogP) is 3.01. The van der Waals surface area contributed by atoms with Crippen molar-refractivity contribution in [2.75, 3.05) is 13.1 Å². The maximum absolute atomic E-state index is 12.2. The van der Waals surface area contributed by atoms with E-state index in [2.05, 4.69) is 4.90 Å². The van der Waals surface area contributed by atoms with Crippen LogP contribution in [-0.4, -0.2) is 52.7 Å². The van der Waals surface area contributed by atoms with Crippen LogP contribution in [0, 0.1) is 0 Å². The molecule has 0 aromatic heterocycles. The van der Waals surface area contributed by atoms with E-state index in [1.54, 1.807) is 0 Å². The van der Waals surface area contributed by atoms with Gasteiger partial charge in [-0.25, -0.2) is 4.79 Å². The van der Waals surface area contributed by atoms with Crippen molar-refractivity contribution in [2.45, 2.75) is 83.0 Å². The Balaban J connectivity index is 1.57. The fraction of sp³-hybridized carbons (Fsp3) is 0.938. The Morgan fingerprint density at radius 2 is 1.70 bits per heavy atom. The molecule has 0 aromatic carbocycles. The average Bonchev–Trinajstić information content (AvgIpc) is 2.97. The highest BCUT2D eigenvalue weighted by molar-refractivity contribution is 5.69. The van der Waals surface area contributed by atoms with Gasteiger partial charge in [0.05, 0.1) is 0 Å². The Kier molecular flexibility index (Phi) is 3.69. The van der Waals surface area contributed by atoms with Crippen LogP contribution in [0.3, 0.4) is 0 Å². The molecule has 2 saturated heterocycles. The Morgan fingerprint density at radius 3 is 2.25 bits per heavy atom. The number of carbonyl (C=O) groups is 1. The van der Waals surface area contributed by atoms with E-state index in [1.165, 1.54) is 32.1 Å². The van der Waals surface area contributed by atoms with Crippen molar-refractivity contribution >= 4 is 6.09 Å². The third-order valence-corrected chi connectivity index (χ3v) is 4.95. The monoisotopic (exact) mass is 280 g/mol. The van der Waals surface area contributed by atoms with E-state index < -0.39 is 0 Å². The molecule has 0 spiro atoms. The molecule has 3 fully saturated rings. The fourth-order valence-corrected chi connectivity index (χ4v) is 4.10. The lowest BCUT2D eigenvalue weighted by Crippen LogP contribution is -2.53. The summed E-state index contributed by atoms with van der Waals surface area (Å²) in [6.45, 7) is 7.75. The second kappa shape index (κ2) is 5.21. The van der Waals surface area contributed by atoms with E-state index >= 15 is 0 Å². The molecule has 2 atom stereocenters. The number of carbonyl (C=O) groups excluding carboxylic acids is 1. The van der Waals surface area contributed by atoms with Crippen molar-refractivity contribution in [3.8, 4) is 0 Å². The first-order valence-corrected chi connectivity index (χ1v) is 8.19. The number of hydrogen-bond donors (Lipinski definition) is 0. The molecule has 1 saturated carbocycles. The SMILES string of the molecule is CC(C)(C)OC(=O)N1CC2CC1CN2C1CCCCC1. The lowest BCUT2D eigenvalue weighted by atomic mass is 9.93. The van der Waals surface area contributed by atoms with Crippen molar-refractivity contribution in [3.05, 3.63) is 0 Å². The number of nitrogens with zero attached hydrogens (tertiary/aromatic N) is 2. The topological polar surface area (TPSA) is 32.8 Å². The molecule has 1 amide bonds. The highest BCUT2D eigenvalue weighted by atomic mass is 16.6. The zero-order valence-corrected chi connectivity index (χ0v) is 13.1.